The third-order valence-corrected chi connectivity index (χ3v) is 5.62. The third kappa shape index (κ3) is 4.25. The van der Waals surface area contributed by atoms with E-state index in [-0.39, 0.29) is 11.3 Å². The van der Waals surface area contributed by atoms with Crippen molar-refractivity contribution in [3.05, 3.63) is 99.4 Å². The Kier molecular flexibility index (Phi) is 6.29. The summed E-state index contributed by atoms with van der Waals surface area (Å²) in [5.74, 6) is -0.813. The first kappa shape index (κ1) is 22.3. The lowest BCUT2D eigenvalue weighted by atomic mass is 9.97. The molecule has 0 saturated heterocycles. The largest absolute Gasteiger partial charge is 0.496 e. The molecule has 0 bridgehead atoms. The van der Waals surface area contributed by atoms with Crippen LogP contribution < -0.4 is 10.3 Å². The Morgan fingerprint density at radius 2 is 1.55 bits per heavy atom. The van der Waals surface area contributed by atoms with Crippen LogP contribution >= 0.6 is 11.6 Å². The molecule has 0 radical (unpaired) electrons. The smallest absolute Gasteiger partial charge is 0.356 e. The molecule has 1 heterocycles. The number of carbonyl (C=O) groups is 2. The number of ether oxygens (including phenoxy) is 2. The van der Waals surface area contributed by atoms with Crippen LogP contribution in [0.3, 0.4) is 0 Å². The summed E-state index contributed by atoms with van der Waals surface area (Å²) in [7, 11) is 2.97. The summed E-state index contributed by atoms with van der Waals surface area (Å²) in [5.41, 5.74) is 1.23. The number of methoxy groups -OCH3 is 1. The van der Waals surface area contributed by atoms with E-state index < -0.39 is 18.4 Å². The summed E-state index contributed by atoms with van der Waals surface area (Å²) < 4.78 is 11.8. The molecule has 4 aromatic rings. The van der Waals surface area contributed by atoms with Gasteiger partial charge in [0.15, 0.2) is 6.61 Å². The van der Waals surface area contributed by atoms with Crippen LogP contribution in [-0.2, 0) is 11.8 Å². The lowest BCUT2D eigenvalue weighted by Gasteiger charge is -2.17. The minimum Gasteiger partial charge on any atom is -0.496 e. The summed E-state index contributed by atoms with van der Waals surface area (Å²) >= 11 is 6.05. The highest BCUT2D eigenvalue weighted by Crippen LogP contribution is 2.32. The summed E-state index contributed by atoms with van der Waals surface area (Å²) in [4.78, 5) is 38.9. The first-order valence-electron chi connectivity index (χ1n) is 10.1. The van der Waals surface area contributed by atoms with Crippen molar-refractivity contribution in [1.82, 2.24) is 4.57 Å². The van der Waals surface area contributed by atoms with Gasteiger partial charge in [-0.05, 0) is 41.3 Å². The molecule has 3 aromatic carbocycles. The molecule has 0 saturated carbocycles. The second kappa shape index (κ2) is 9.30. The van der Waals surface area contributed by atoms with Crippen LogP contribution in [0.2, 0.25) is 5.02 Å². The number of pyridine rings is 1. The molecule has 0 N–H and O–H groups in total. The number of Topliss-reactive ketones (excluding diaryl/α,β-unsaturated/α-hetero) is 1. The van der Waals surface area contributed by atoms with Crippen LogP contribution in [-0.4, -0.2) is 30.0 Å². The van der Waals surface area contributed by atoms with Gasteiger partial charge in [-0.3, -0.25) is 9.59 Å². The van der Waals surface area contributed by atoms with Crippen molar-refractivity contribution in [3.8, 4) is 16.9 Å². The number of ketones is 1. The number of benzene rings is 3. The van der Waals surface area contributed by atoms with Crippen LogP contribution in [0.5, 0.6) is 5.75 Å². The number of para-hydroxylation sites is 1. The van der Waals surface area contributed by atoms with Crippen LogP contribution in [0.4, 0.5) is 0 Å². The van der Waals surface area contributed by atoms with E-state index in [0.717, 1.165) is 0 Å². The van der Waals surface area contributed by atoms with E-state index in [9.17, 15) is 14.4 Å². The first-order chi connectivity index (χ1) is 15.9. The Balaban J connectivity index is 1.78. The number of hydrogen-bond donors (Lipinski definition) is 0. The maximum absolute atomic E-state index is 13.2. The molecule has 0 unspecified atom stereocenters. The highest BCUT2D eigenvalue weighted by Gasteiger charge is 2.24. The van der Waals surface area contributed by atoms with E-state index in [4.69, 9.17) is 21.1 Å². The van der Waals surface area contributed by atoms with Crippen molar-refractivity contribution in [3.63, 3.8) is 0 Å². The van der Waals surface area contributed by atoms with E-state index in [2.05, 4.69) is 0 Å². The molecule has 166 valence electrons. The number of aromatic nitrogens is 1. The second-order valence-electron chi connectivity index (χ2n) is 7.34. The normalized spacial score (nSPS) is 10.8. The average molecular weight is 462 g/mol. The van der Waals surface area contributed by atoms with E-state index in [0.29, 0.717) is 38.2 Å². The van der Waals surface area contributed by atoms with Crippen molar-refractivity contribution in [2.45, 2.75) is 0 Å². The van der Waals surface area contributed by atoms with Crippen molar-refractivity contribution in [2.75, 3.05) is 13.7 Å². The Bertz CT molecular complexity index is 1420. The van der Waals surface area contributed by atoms with Gasteiger partial charge in [0, 0.05) is 23.0 Å². The quantitative estimate of drug-likeness (QED) is 0.301. The van der Waals surface area contributed by atoms with Crippen LogP contribution in [0.15, 0.2) is 77.6 Å². The third-order valence-electron chi connectivity index (χ3n) is 5.37. The number of fused-ring (bicyclic) bond motifs is 1. The lowest BCUT2D eigenvalue weighted by Crippen LogP contribution is -2.27. The second-order valence-corrected chi connectivity index (χ2v) is 7.78. The SMILES string of the molecule is COc1ccccc1C(=O)COC(=O)c1c(-c2ccc(Cl)cc2)c2ccccc2c(=O)n1C. The predicted octanol–water partition coefficient (Wildman–Crippen LogP) is 4.91. The molecule has 6 nitrogen and oxygen atoms in total. The minimum atomic E-state index is -0.784. The first-order valence-corrected chi connectivity index (χ1v) is 10.5. The lowest BCUT2D eigenvalue weighted by molar-refractivity contribution is 0.0464. The molecule has 1 aromatic heterocycles. The van der Waals surface area contributed by atoms with E-state index in [1.807, 2.05) is 0 Å². The van der Waals surface area contributed by atoms with Crippen molar-refractivity contribution < 1.29 is 19.1 Å². The van der Waals surface area contributed by atoms with Gasteiger partial charge in [-0.1, -0.05) is 54.1 Å². The topological polar surface area (TPSA) is 74.6 Å². The molecule has 0 atom stereocenters. The van der Waals surface area contributed by atoms with Crippen molar-refractivity contribution >= 4 is 34.1 Å². The zero-order valence-corrected chi connectivity index (χ0v) is 18.8. The number of rotatable bonds is 6. The van der Waals surface area contributed by atoms with Crippen LogP contribution in [0, 0.1) is 0 Å². The fourth-order valence-electron chi connectivity index (χ4n) is 3.77. The minimum absolute atomic E-state index is 0.0499. The molecule has 0 fully saturated rings. The molecule has 0 spiro atoms. The summed E-state index contributed by atoms with van der Waals surface area (Å²) in [6.07, 6.45) is 0. The molecule has 0 aliphatic carbocycles. The number of nitrogens with zero attached hydrogens (tertiary/aromatic N) is 1. The van der Waals surface area contributed by atoms with Gasteiger partial charge in [-0.25, -0.2) is 4.79 Å². The summed E-state index contributed by atoms with van der Waals surface area (Å²) in [6, 6.07) is 20.7. The van der Waals surface area contributed by atoms with E-state index in [1.54, 1.807) is 72.8 Å². The molecule has 4 rings (SSSR count). The summed E-state index contributed by atoms with van der Waals surface area (Å²) in [6.45, 7) is -0.500. The van der Waals surface area contributed by atoms with Gasteiger partial charge < -0.3 is 14.0 Å². The monoisotopic (exact) mass is 461 g/mol. The Morgan fingerprint density at radius 1 is 0.909 bits per heavy atom. The summed E-state index contributed by atoms with van der Waals surface area (Å²) in [5, 5.41) is 1.61. The van der Waals surface area contributed by atoms with Gasteiger partial charge in [0.25, 0.3) is 5.56 Å². The number of carbonyl (C=O) groups excluding carboxylic acids is 2. The number of esters is 1. The van der Waals surface area contributed by atoms with E-state index >= 15 is 0 Å². The number of halogens is 1. The van der Waals surface area contributed by atoms with Crippen LogP contribution in [0.25, 0.3) is 21.9 Å². The molecule has 0 aliphatic heterocycles. The standard InChI is InChI=1S/C26H20ClNO5/c1-28-24(26(31)33-15-21(29)20-9-5-6-10-22(20)32-2)23(16-11-13-17(27)14-12-16)18-7-3-4-8-19(18)25(28)30/h3-14H,15H2,1-2H3. The van der Waals surface area contributed by atoms with Crippen molar-refractivity contribution in [2.24, 2.45) is 7.05 Å². The van der Waals surface area contributed by atoms with Gasteiger partial charge in [0.05, 0.1) is 12.7 Å². The predicted molar refractivity (Wildman–Crippen MR) is 127 cm³/mol. The zero-order chi connectivity index (χ0) is 23.5. The average Bonchev–Trinajstić information content (AvgIpc) is 2.85. The van der Waals surface area contributed by atoms with Gasteiger partial charge in [0.1, 0.15) is 11.4 Å². The highest BCUT2D eigenvalue weighted by molar-refractivity contribution is 6.30. The Morgan fingerprint density at radius 3 is 2.24 bits per heavy atom. The Hall–Kier alpha value is -3.90. The van der Waals surface area contributed by atoms with Crippen molar-refractivity contribution in [1.29, 1.82) is 0 Å². The maximum atomic E-state index is 13.2. The van der Waals surface area contributed by atoms with Gasteiger partial charge in [-0.2, -0.15) is 0 Å². The van der Waals surface area contributed by atoms with Gasteiger partial charge >= 0.3 is 5.97 Å². The highest BCUT2D eigenvalue weighted by atomic mass is 35.5. The van der Waals surface area contributed by atoms with Gasteiger partial charge in [0.2, 0.25) is 5.78 Å². The fraction of sp³-hybridized carbons (Fsp3) is 0.115. The Labute approximate surface area is 194 Å². The number of hydrogen-bond acceptors (Lipinski definition) is 5. The molecule has 0 aliphatic rings. The van der Waals surface area contributed by atoms with Gasteiger partial charge in [-0.15, -0.1) is 0 Å². The molecule has 0 amide bonds. The van der Waals surface area contributed by atoms with E-state index in [1.165, 1.54) is 18.7 Å². The fourth-order valence-corrected chi connectivity index (χ4v) is 3.89. The zero-order valence-electron chi connectivity index (χ0n) is 18.0. The van der Waals surface area contributed by atoms with Crippen LogP contribution in [0.1, 0.15) is 20.8 Å². The molecular formula is C26H20ClNO5. The molecule has 33 heavy (non-hydrogen) atoms. The molecule has 7 heteroatoms. The maximum Gasteiger partial charge on any atom is 0.356 e. The molecular weight excluding hydrogens is 442 g/mol.